The van der Waals surface area contributed by atoms with Crippen LogP contribution in [0.3, 0.4) is 0 Å². The number of hydrogen-bond donors (Lipinski definition) is 4. The van der Waals surface area contributed by atoms with E-state index in [9.17, 15) is 73.1 Å². The summed E-state index contributed by atoms with van der Waals surface area (Å²) in [6, 6.07) is 24.1. The molecule has 27 heteroatoms. The van der Waals surface area contributed by atoms with Gasteiger partial charge in [0.15, 0.2) is 41.0 Å². The molecule has 404 valence electrons. The van der Waals surface area contributed by atoms with Crippen molar-refractivity contribution in [3.8, 4) is 17.2 Å². The monoisotopic (exact) mass is 1140 g/mol. The van der Waals surface area contributed by atoms with E-state index in [4.69, 9.17) is 29.6 Å². The Bertz CT molecular complexity index is 4060. The number of nitrogens with two attached hydrogens (primary N) is 3. The van der Waals surface area contributed by atoms with Gasteiger partial charge in [0.1, 0.15) is 17.2 Å². The normalized spacial score (nSPS) is 14.0. The molecule has 6 aromatic carbocycles. The average molecular weight is 1140 g/mol. The molecule has 0 saturated heterocycles. The van der Waals surface area contributed by atoms with Crippen molar-refractivity contribution in [2.24, 2.45) is 15.4 Å². The van der Waals surface area contributed by atoms with E-state index in [1.54, 1.807) is 6.92 Å². The Hall–Kier alpha value is -8.20. The number of benzene rings is 6. The molecule has 0 aromatic heterocycles. The highest BCUT2D eigenvalue weighted by Gasteiger charge is 2.39. The van der Waals surface area contributed by atoms with Crippen molar-refractivity contribution in [1.82, 2.24) is 4.90 Å². The van der Waals surface area contributed by atoms with Crippen LogP contribution >= 0.6 is 7.37 Å². The minimum absolute atomic E-state index is 0.0223. The number of sulfonamides is 3. The molecule has 1 unspecified atom stereocenters. The molecule has 3 aliphatic carbocycles. The maximum absolute atomic E-state index is 12.9. The summed E-state index contributed by atoms with van der Waals surface area (Å²) < 4.78 is 97.9. The summed E-state index contributed by atoms with van der Waals surface area (Å²) >= 11 is 0. The number of rotatable bonds is 10. The number of carbonyl (C=O) groups excluding carboxylic acids is 8. The van der Waals surface area contributed by atoms with E-state index in [0.29, 0.717) is 6.42 Å². The Kier molecular flexibility index (Phi) is 16.0. The fourth-order valence-corrected chi connectivity index (χ4v) is 10.9. The zero-order valence-electron chi connectivity index (χ0n) is 41.2. The molecule has 1 amide bonds. The van der Waals surface area contributed by atoms with Crippen LogP contribution in [0.4, 0.5) is 4.79 Å². The number of nitrogens with zero attached hydrogens (tertiary/aromatic N) is 1. The van der Waals surface area contributed by atoms with Crippen LogP contribution in [0.5, 0.6) is 17.2 Å². The second kappa shape index (κ2) is 21.7. The largest absolute Gasteiger partial charge is 0.483 e. The summed E-state index contributed by atoms with van der Waals surface area (Å²) in [6.07, 6.45) is -0.517. The van der Waals surface area contributed by atoms with Crippen molar-refractivity contribution >= 4 is 84.2 Å². The second-order valence-corrected chi connectivity index (χ2v) is 24.4. The Morgan fingerprint density at radius 2 is 0.769 bits per heavy atom. The van der Waals surface area contributed by atoms with Crippen LogP contribution in [0.15, 0.2) is 124 Å². The van der Waals surface area contributed by atoms with Crippen molar-refractivity contribution in [2.45, 2.75) is 34.5 Å². The number of fused-ring (bicyclic) bond motifs is 6. The fourth-order valence-electron chi connectivity index (χ4n) is 8.29. The Labute approximate surface area is 444 Å². The van der Waals surface area contributed by atoms with Gasteiger partial charge >= 0.3 is 12.1 Å². The quantitative estimate of drug-likeness (QED) is 0.0841. The van der Waals surface area contributed by atoms with Crippen LogP contribution in [0.1, 0.15) is 115 Å². The third-order valence-corrected chi connectivity index (χ3v) is 15.1. The van der Waals surface area contributed by atoms with Crippen LogP contribution in [0, 0.1) is 0 Å². The number of esters is 1. The third kappa shape index (κ3) is 11.4. The van der Waals surface area contributed by atoms with Gasteiger partial charge in [0, 0.05) is 60.6 Å². The molecule has 6 aromatic rings. The number of amides is 1. The molecular weight excluding hydrogens is 1100 g/mol. The molecule has 3 aliphatic rings. The molecule has 1 atom stereocenters. The maximum atomic E-state index is 12.9. The minimum Gasteiger partial charge on any atom is -0.483 e. The van der Waals surface area contributed by atoms with E-state index in [2.05, 4.69) is 0 Å². The van der Waals surface area contributed by atoms with E-state index >= 15 is 0 Å². The number of ketones is 6. The highest BCUT2D eigenvalue weighted by atomic mass is 32.2. The van der Waals surface area contributed by atoms with Gasteiger partial charge in [-0.2, -0.15) is 0 Å². The van der Waals surface area contributed by atoms with Gasteiger partial charge in [0.2, 0.25) is 37.4 Å². The van der Waals surface area contributed by atoms with Gasteiger partial charge in [-0.3, -0.25) is 38.1 Å². The zero-order valence-corrected chi connectivity index (χ0v) is 44.5. The van der Waals surface area contributed by atoms with Crippen LogP contribution in [-0.4, -0.2) is 109 Å². The van der Waals surface area contributed by atoms with E-state index < -0.39 is 105 Å². The molecule has 0 saturated carbocycles. The van der Waals surface area contributed by atoms with E-state index in [1.807, 2.05) is 0 Å². The molecule has 0 aliphatic heterocycles. The summed E-state index contributed by atoms with van der Waals surface area (Å²) in [5, 5.41) is 15.5. The Morgan fingerprint density at radius 1 is 0.487 bits per heavy atom. The van der Waals surface area contributed by atoms with Gasteiger partial charge in [-0.05, 0) is 42.8 Å². The van der Waals surface area contributed by atoms with Gasteiger partial charge < -0.3 is 24.0 Å². The molecule has 0 heterocycles. The first-order valence-corrected chi connectivity index (χ1v) is 29.5. The highest BCUT2D eigenvalue weighted by Crippen LogP contribution is 2.41. The summed E-state index contributed by atoms with van der Waals surface area (Å²) in [5.41, 5.74) is -1.49. The number of hydrogen-bond acceptors (Lipinski definition) is 18. The molecule has 0 spiro atoms. The SMILES string of the molecule is CCCC(=O)Oc1cccc2c1C(=O)c1cccc(S(N)(=O)=O)c1C2=O.CN(C)C(=O)Oc1cccc2c1C(=O)c1cccc(S(N)(=O)=O)c1C2=O.CP(=O)(O)COc1cccc2c1C(=O)c1cccc(S(N)(=O)=O)c1C2=O. The lowest BCUT2D eigenvalue weighted by molar-refractivity contribution is -0.134. The lowest BCUT2D eigenvalue weighted by Crippen LogP contribution is -2.29. The lowest BCUT2D eigenvalue weighted by Gasteiger charge is -2.21. The first-order chi connectivity index (χ1) is 36.4. The topological polar surface area (TPSA) is 385 Å². The summed E-state index contributed by atoms with van der Waals surface area (Å²) in [7, 11) is -13.2. The van der Waals surface area contributed by atoms with Crippen molar-refractivity contribution in [3.63, 3.8) is 0 Å². The van der Waals surface area contributed by atoms with E-state index in [1.165, 1.54) is 122 Å². The van der Waals surface area contributed by atoms with Crippen molar-refractivity contribution < 1.29 is 87.3 Å². The average Bonchev–Trinajstić information content (AvgIpc) is 3.51. The third-order valence-electron chi connectivity index (χ3n) is 11.6. The van der Waals surface area contributed by atoms with Crippen molar-refractivity contribution in [2.75, 3.05) is 27.1 Å². The zero-order chi connectivity index (χ0) is 57.6. The second-order valence-electron chi connectivity index (χ2n) is 17.5. The van der Waals surface area contributed by atoms with Crippen molar-refractivity contribution in [1.29, 1.82) is 0 Å². The first-order valence-electron chi connectivity index (χ1n) is 22.6. The first kappa shape index (κ1) is 57.5. The molecule has 23 nitrogen and oxygen atoms in total. The summed E-state index contributed by atoms with van der Waals surface area (Å²) in [5.74, 6) is -4.52. The number of primary sulfonamides is 3. The molecule has 9 rings (SSSR count). The number of carbonyl (C=O) groups is 8. The summed E-state index contributed by atoms with van der Waals surface area (Å²) in [6.45, 7) is 2.91. The molecular formula is C51H43N4O19PS3. The predicted octanol–water partition coefficient (Wildman–Crippen LogP) is 4.33. The molecule has 0 fully saturated rings. The smallest absolute Gasteiger partial charge is 0.414 e. The van der Waals surface area contributed by atoms with Gasteiger partial charge in [-0.15, -0.1) is 0 Å². The van der Waals surface area contributed by atoms with E-state index in [0.717, 1.165) is 12.7 Å². The van der Waals surface area contributed by atoms with Crippen LogP contribution in [-0.2, 0) is 39.4 Å². The van der Waals surface area contributed by atoms with Crippen molar-refractivity contribution in [3.05, 3.63) is 176 Å². The predicted molar refractivity (Wildman–Crippen MR) is 275 cm³/mol. The summed E-state index contributed by atoms with van der Waals surface area (Å²) in [4.78, 5) is 110. The molecule has 0 radical (unpaired) electrons. The Balaban J connectivity index is 0.000000170. The van der Waals surface area contributed by atoms with Crippen LogP contribution in [0.25, 0.3) is 0 Å². The van der Waals surface area contributed by atoms with Gasteiger partial charge in [0.25, 0.3) is 0 Å². The van der Waals surface area contributed by atoms with Gasteiger partial charge in [-0.1, -0.05) is 79.7 Å². The minimum atomic E-state index is -4.22. The standard InChI is InChI=1S/C18H15NO6S.C17H14N2O6S.C16H14NO7PS/c1-2-5-14(20)25-12-8-3-6-10-15(12)17(21)11-7-4-9-13(26(19,23)24)16(11)18(10)22;1-19(2)17(22)25-11-7-3-5-9-13(11)15(20)10-6-4-8-12(26(18,23)24)14(10)16(9)21;1-25(20,21)8-24-11-6-2-4-9-13(11)15(18)10-5-3-7-12(26(17,22)23)14(10)16(9)19/h3-4,6-9H,2,5H2,1H3,(H2,19,23,24);3-8H,1-2H3,(H2,18,23,24);2-7H,8H2,1H3,(H,20,21)(H2,17,22,23). The number of ether oxygens (including phenoxy) is 3. The molecule has 78 heavy (non-hydrogen) atoms. The lowest BCUT2D eigenvalue weighted by atomic mass is 9.83. The van der Waals surface area contributed by atoms with Gasteiger partial charge in [0.05, 0.1) is 48.1 Å². The van der Waals surface area contributed by atoms with Crippen LogP contribution < -0.4 is 29.6 Å². The fraction of sp³-hybridized carbons (Fsp3) is 0.137. The molecule has 7 N–H and O–H groups in total. The maximum Gasteiger partial charge on any atom is 0.414 e. The Morgan fingerprint density at radius 3 is 1.08 bits per heavy atom. The van der Waals surface area contributed by atoms with Gasteiger partial charge in [-0.25, -0.2) is 45.5 Å². The highest BCUT2D eigenvalue weighted by molar-refractivity contribution is 7.89. The molecule has 0 bridgehead atoms. The van der Waals surface area contributed by atoms with Crippen LogP contribution in [0.2, 0.25) is 0 Å². The van der Waals surface area contributed by atoms with E-state index in [-0.39, 0.29) is 90.4 Å².